The number of benzene rings is 1. The van der Waals surface area contributed by atoms with Crippen LogP contribution in [-0.4, -0.2) is 38.5 Å². The van der Waals surface area contributed by atoms with Gasteiger partial charge in [-0.25, -0.2) is 0 Å². The van der Waals surface area contributed by atoms with Crippen LogP contribution in [0.2, 0.25) is 0 Å². The summed E-state index contributed by atoms with van der Waals surface area (Å²) < 4.78 is 15.6. The van der Waals surface area contributed by atoms with Crippen molar-refractivity contribution in [2.75, 3.05) is 27.4 Å². The summed E-state index contributed by atoms with van der Waals surface area (Å²) in [6.45, 7) is 2.46. The van der Waals surface area contributed by atoms with Crippen molar-refractivity contribution in [1.82, 2.24) is 0 Å². The van der Waals surface area contributed by atoms with Crippen LogP contribution >= 0.6 is 0 Å². The molecule has 19 heavy (non-hydrogen) atoms. The maximum Gasteiger partial charge on any atom is 0.314 e. The van der Waals surface area contributed by atoms with E-state index in [4.69, 9.17) is 14.2 Å². The topological polar surface area (TPSA) is 65.0 Å². The fourth-order valence-corrected chi connectivity index (χ4v) is 2.23. The molecule has 1 saturated heterocycles. The highest BCUT2D eigenvalue weighted by atomic mass is 16.5. The zero-order valence-corrected chi connectivity index (χ0v) is 11.4. The van der Waals surface area contributed by atoms with Crippen molar-refractivity contribution in [3.05, 3.63) is 23.3 Å². The number of carbonyl (C=O) groups is 1. The third kappa shape index (κ3) is 2.38. The molecule has 1 aromatic rings. The number of carboxylic acid groups (broad SMARTS) is 1. The standard InChI is InChI=1S/C14H18O5/c1-9-4-11(17-2)12(18-3)5-10(9)6-14(13(15)16)7-19-8-14/h4-5H,6-8H2,1-3H3,(H,15,16). The van der Waals surface area contributed by atoms with Gasteiger partial charge in [0.1, 0.15) is 5.41 Å². The SMILES string of the molecule is COc1cc(C)c(CC2(C(=O)O)COC2)cc1OC. The third-order valence-electron chi connectivity index (χ3n) is 3.58. The summed E-state index contributed by atoms with van der Waals surface area (Å²) in [5, 5.41) is 9.33. The molecule has 1 aliphatic rings. The van der Waals surface area contributed by atoms with E-state index in [0.29, 0.717) is 17.9 Å². The van der Waals surface area contributed by atoms with E-state index in [1.165, 1.54) is 0 Å². The van der Waals surface area contributed by atoms with Gasteiger partial charge in [-0.2, -0.15) is 0 Å². The largest absolute Gasteiger partial charge is 0.493 e. The van der Waals surface area contributed by atoms with Crippen LogP contribution in [0.15, 0.2) is 12.1 Å². The average molecular weight is 266 g/mol. The van der Waals surface area contributed by atoms with Crippen molar-refractivity contribution < 1.29 is 24.1 Å². The lowest BCUT2D eigenvalue weighted by Crippen LogP contribution is -2.50. The van der Waals surface area contributed by atoms with Gasteiger partial charge in [-0.15, -0.1) is 0 Å². The van der Waals surface area contributed by atoms with Gasteiger partial charge in [-0.1, -0.05) is 0 Å². The molecule has 0 radical (unpaired) electrons. The molecule has 1 aliphatic heterocycles. The van der Waals surface area contributed by atoms with Crippen LogP contribution in [0.1, 0.15) is 11.1 Å². The molecule has 0 bridgehead atoms. The van der Waals surface area contributed by atoms with Crippen LogP contribution in [0.5, 0.6) is 11.5 Å². The molecule has 1 heterocycles. The highest BCUT2D eigenvalue weighted by molar-refractivity contribution is 5.76. The van der Waals surface area contributed by atoms with Gasteiger partial charge < -0.3 is 19.3 Å². The molecular formula is C14H18O5. The lowest BCUT2D eigenvalue weighted by Gasteiger charge is -2.37. The molecule has 0 spiro atoms. The van der Waals surface area contributed by atoms with Gasteiger partial charge in [0.15, 0.2) is 11.5 Å². The molecule has 0 atom stereocenters. The Labute approximate surface area is 112 Å². The second kappa shape index (κ2) is 5.09. The first kappa shape index (κ1) is 13.7. The Balaban J connectivity index is 2.32. The molecule has 0 aliphatic carbocycles. The van der Waals surface area contributed by atoms with E-state index in [1.807, 2.05) is 19.1 Å². The number of carboxylic acids is 1. The normalized spacial score (nSPS) is 16.6. The van der Waals surface area contributed by atoms with Gasteiger partial charge >= 0.3 is 5.97 Å². The maximum absolute atomic E-state index is 11.4. The average Bonchev–Trinajstić information content (AvgIpc) is 2.34. The van der Waals surface area contributed by atoms with Crippen LogP contribution < -0.4 is 9.47 Å². The molecule has 0 amide bonds. The first-order valence-corrected chi connectivity index (χ1v) is 6.05. The molecule has 2 rings (SSSR count). The number of hydrogen-bond acceptors (Lipinski definition) is 4. The minimum atomic E-state index is -0.812. The summed E-state index contributed by atoms with van der Waals surface area (Å²) in [6, 6.07) is 3.71. The van der Waals surface area contributed by atoms with Crippen LogP contribution in [-0.2, 0) is 16.0 Å². The van der Waals surface area contributed by atoms with E-state index in [2.05, 4.69) is 0 Å². The highest BCUT2D eigenvalue weighted by Gasteiger charge is 2.46. The number of aryl methyl sites for hydroxylation is 1. The van der Waals surface area contributed by atoms with E-state index in [-0.39, 0.29) is 13.2 Å². The number of hydrogen-bond donors (Lipinski definition) is 1. The van der Waals surface area contributed by atoms with Crippen molar-refractivity contribution >= 4 is 5.97 Å². The second-order valence-electron chi connectivity index (χ2n) is 4.89. The van der Waals surface area contributed by atoms with E-state index < -0.39 is 11.4 Å². The highest BCUT2D eigenvalue weighted by Crippen LogP contribution is 2.37. The van der Waals surface area contributed by atoms with Crippen molar-refractivity contribution in [3.8, 4) is 11.5 Å². The Morgan fingerprint density at radius 1 is 1.32 bits per heavy atom. The van der Waals surface area contributed by atoms with Gasteiger partial charge in [0.05, 0.1) is 27.4 Å². The lowest BCUT2D eigenvalue weighted by atomic mass is 9.79. The summed E-state index contributed by atoms with van der Waals surface area (Å²) in [6.07, 6.45) is 0.439. The summed E-state index contributed by atoms with van der Waals surface area (Å²) >= 11 is 0. The number of aliphatic carboxylic acids is 1. The van der Waals surface area contributed by atoms with Crippen LogP contribution in [0.25, 0.3) is 0 Å². The molecule has 104 valence electrons. The van der Waals surface area contributed by atoms with Gasteiger partial charge in [-0.05, 0) is 36.6 Å². The lowest BCUT2D eigenvalue weighted by molar-refractivity contribution is -0.179. The quantitative estimate of drug-likeness (QED) is 0.878. The van der Waals surface area contributed by atoms with E-state index in [0.717, 1.165) is 11.1 Å². The summed E-state index contributed by atoms with van der Waals surface area (Å²) in [5.74, 6) is 0.454. The van der Waals surface area contributed by atoms with Crippen molar-refractivity contribution in [2.45, 2.75) is 13.3 Å². The maximum atomic E-state index is 11.4. The molecule has 1 N–H and O–H groups in total. The van der Waals surface area contributed by atoms with Gasteiger partial charge in [-0.3, -0.25) is 4.79 Å². The smallest absolute Gasteiger partial charge is 0.314 e. The predicted octanol–water partition coefficient (Wildman–Crippen LogP) is 1.66. The van der Waals surface area contributed by atoms with E-state index in [1.54, 1.807) is 14.2 Å². The molecular weight excluding hydrogens is 248 g/mol. The Morgan fingerprint density at radius 3 is 2.32 bits per heavy atom. The minimum absolute atomic E-state index is 0.260. The van der Waals surface area contributed by atoms with Crippen molar-refractivity contribution in [3.63, 3.8) is 0 Å². The van der Waals surface area contributed by atoms with Crippen molar-refractivity contribution in [1.29, 1.82) is 0 Å². The molecule has 0 unspecified atom stereocenters. The van der Waals surface area contributed by atoms with Crippen LogP contribution in [0, 0.1) is 12.3 Å². The zero-order chi connectivity index (χ0) is 14.0. The summed E-state index contributed by atoms with van der Waals surface area (Å²) in [5.41, 5.74) is 1.14. The monoisotopic (exact) mass is 266 g/mol. The Morgan fingerprint density at radius 2 is 1.89 bits per heavy atom. The van der Waals surface area contributed by atoms with E-state index in [9.17, 15) is 9.90 Å². The number of methoxy groups -OCH3 is 2. The fraction of sp³-hybridized carbons (Fsp3) is 0.500. The first-order valence-electron chi connectivity index (χ1n) is 6.05. The Kier molecular flexibility index (Phi) is 3.66. The summed E-state index contributed by atoms with van der Waals surface area (Å²) in [7, 11) is 3.14. The van der Waals surface area contributed by atoms with Gasteiger partial charge in [0, 0.05) is 0 Å². The van der Waals surface area contributed by atoms with Crippen LogP contribution in [0.4, 0.5) is 0 Å². The molecule has 0 aromatic heterocycles. The first-order chi connectivity index (χ1) is 9.02. The molecule has 5 nitrogen and oxygen atoms in total. The molecule has 0 saturated carbocycles. The van der Waals surface area contributed by atoms with Gasteiger partial charge in [0.2, 0.25) is 0 Å². The Bertz CT molecular complexity index is 491. The van der Waals surface area contributed by atoms with E-state index >= 15 is 0 Å². The number of ether oxygens (including phenoxy) is 3. The molecule has 1 aromatic carbocycles. The van der Waals surface area contributed by atoms with Crippen LogP contribution in [0.3, 0.4) is 0 Å². The molecule has 1 fully saturated rings. The minimum Gasteiger partial charge on any atom is -0.493 e. The Hall–Kier alpha value is -1.75. The van der Waals surface area contributed by atoms with Crippen molar-refractivity contribution in [2.24, 2.45) is 5.41 Å². The number of rotatable bonds is 5. The molecule has 5 heteroatoms. The second-order valence-corrected chi connectivity index (χ2v) is 4.89. The summed E-state index contributed by atoms with van der Waals surface area (Å²) in [4.78, 5) is 11.4. The van der Waals surface area contributed by atoms with Gasteiger partial charge in [0.25, 0.3) is 0 Å². The third-order valence-corrected chi connectivity index (χ3v) is 3.58. The fourth-order valence-electron chi connectivity index (χ4n) is 2.23. The zero-order valence-electron chi connectivity index (χ0n) is 11.4. The predicted molar refractivity (Wildman–Crippen MR) is 68.9 cm³/mol.